The molecule has 0 N–H and O–H groups in total. The molecular weight excluding hydrogens is 444 g/mol. The van der Waals surface area contributed by atoms with Crippen LogP contribution in [0.2, 0.25) is 0 Å². The Morgan fingerprint density at radius 2 is 1.70 bits per heavy atom. The third-order valence-electron chi connectivity index (χ3n) is 4.88. The van der Waals surface area contributed by atoms with E-state index in [-0.39, 0.29) is 11.2 Å². The summed E-state index contributed by atoms with van der Waals surface area (Å²) < 4.78 is 66.0. The van der Waals surface area contributed by atoms with Crippen molar-refractivity contribution in [1.82, 2.24) is 0 Å². The first-order valence-corrected chi connectivity index (χ1v) is 9.98. The van der Waals surface area contributed by atoms with Gasteiger partial charge in [0.2, 0.25) is 0 Å². The Labute approximate surface area is 146 Å². The summed E-state index contributed by atoms with van der Waals surface area (Å²) in [6, 6.07) is 3.00. The molecule has 3 rings (SSSR count). The second-order valence-corrected chi connectivity index (χ2v) is 8.92. The normalized spacial score (nSPS) is 20.5. The van der Waals surface area contributed by atoms with Crippen LogP contribution in [0.25, 0.3) is 0 Å². The molecule has 0 unspecified atom stereocenters. The molecule has 0 saturated heterocycles. The van der Waals surface area contributed by atoms with Gasteiger partial charge in [0.1, 0.15) is 5.75 Å². The molecule has 1 aromatic carbocycles. The predicted octanol–water partition coefficient (Wildman–Crippen LogP) is 4.67. The number of halogens is 4. The van der Waals surface area contributed by atoms with Crippen LogP contribution in [0.1, 0.15) is 49.7 Å². The summed E-state index contributed by atoms with van der Waals surface area (Å²) in [6.45, 7) is 0. The summed E-state index contributed by atoms with van der Waals surface area (Å²) >= 11 is 2.19. The average molecular weight is 460 g/mol. The monoisotopic (exact) mass is 460 g/mol. The summed E-state index contributed by atoms with van der Waals surface area (Å²) in [5.74, 6) is -0.163. The lowest BCUT2D eigenvalue weighted by Crippen LogP contribution is -2.31. The minimum absolute atomic E-state index is 0.0224. The van der Waals surface area contributed by atoms with Crippen molar-refractivity contribution < 1.29 is 25.8 Å². The fourth-order valence-electron chi connectivity index (χ4n) is 3.95. The molecule has 0 heterocycles. The molecule has 1 fully saturated rings. The highest BCUT2D eigenvalue weighted by Gasteiger charge is 2.49. The van der Waals surface area contributed by atoms with E-state index in [1.54, 1.807) is 6.07 Å². The van der Waals surface area contributed by atoms with Gasteiger partial charge in [0, 0.05) is 9.13 Å². The van der Waals surface area contributed by atoms with Crippen LogP contribution in [0.4, 0.5) is 13.2 Å². The van der Waals surface area contributed by atoms with Crippen molar-refractivity contribution in [3.05, 3.63) is 26.8 Å². The van der Waals surface area contributed by atoms with Crippen LogP contribution in [0.5, 0.6) is 5.75 Å². The number of rotatable bonds is 2. The molecule has 8 heteroatoms. The fraction of sp³-hybridized carbons (Fsp3) is 0.600. The fourth-order valence-corrected chi connectivity index (χ4v) is 5.51. The van der Waals surface area contributed by atoms with Crippen molar-refractivity contribution in [1.29, 1.82) is 0 Å². The Balaban J connectivity index is 2.09. The molecule has 128 valence electrons. The van der Waals surface area contributed by atoms with Crippen molar-refractivity contribution in [3.63, 3.8) is 0 Å². The smallest absolute Gasteiger partial charge is 0.376 e. The summed E-state index contributed by atoms with van der Waals surface area (Å²) in [4.78, 5) is 0. The molecule has 1 saturated carbocycles. The van der Waals surface area contributed by atoms with Crippen LogP contribution in [0.15, 0.2) is 12.1 Å². The van der Waals surface area contributed by atoms with Crippen LogP contribution in [-0.4, -0.2) is 13.9 Å². The van der Waals surface area contributed by atoms with E-state index < -0.39 is 15.6 Å². The summed E-state index contributed by atoms with van der Waals surface area (Å²) in [6.07, 6.45) is 6.61. The molecule has 23 heavy (non-hydrogen) atoms. The first-order valence-electron chi connectivity index (χ1n) is 7.49. The SMILES string of the molecule is O=S(=O)(Oc1ccc(I)c2c1CCCC21CCCC1)C(F)(F)F. The van der Waals surface area contributed by atoms with Crippen LogP contribution in [-0.2, 0) is 22.0 Å². The van der Waals surface area contributed by atoms with E-state index in [4.69, 9.17) is 0 Å². The molecule has 0 atom stereocenters. The van der Waals surface area contributed by atoms with Gasteiger partial charge in [0.15, 0.2) is 0 Å². The lowest BCUT2D eigenvalue weighted by molar-refractivity contribution is -0.0500. The van der Waals surface area contributed by atoms with E-state index in [0.717, 1.165) is 47.7 Å². The molecule has 1 spiro atoms. The topological polar surface area (TPSA) is 43.4 Å². The standard InChI is InChI=1S/C15H16F3IO3S/c16-15(17,18)23(20,21)22-12-6-5-11(19)13-10(12)4-3-9-14(13)7-1-2-8-14/h5-6H,1-4,7-9H2. The molecule has 2 aliphatic rings. The molecule has 2 aliphatic carbocycles. The number of fused-ring (bicyclic) bond motifs is 2. The molecule has 0 radical (unpaired) electrons. The Kier molecular flexibility index (Phi) is 4.36. The van der Waals surface area contributed by atoms with Gasteiger partial charge in [-0.2, -0.15) is 21.6 Å². The van der Waals surface area contributed by atoms with Crippen LogP contribution < -0.4 is 4.18 Å². The quantitative estimate of drug-likeness (QED) is 0.366. The molecule has 0 bridgehead atoms. The first kappa shape index (κ1) is 17.3. The third kappa shape index (κ3) is 2.96. The summed E-state index contributed by atoms with van der Waals surface area (Å²) in [5.41, 5.74) is -3.79. The molecule has 0 amide bonds. The zero-order valence-electron chi connectivity index (χ0n) is 12.2. The van der Waals surface area contributed by atoms with Gasteiger partial charge in [-0.3, -0.25) is 0 Å². The number of alkyl halides is 3. The Morgan fingerprint density at radius 1 is 1.09 bits per heavy atom. The predicted molar refractivity (Wildman–Crippen MR) is 87.8 cm³/mol. The van der Waals surface area contributed by atoms with Gasteiger partial charge in [-0.15, -0.1) is 0 Å². The first-order chi connectivity index (χ1) is 10.7. The molecular formula is C15H16F3IO3S. The highest BCUT2D eigenvalue weighted by molar-refractivity contribution is 14.1. The van der Waals surface area contributed by atoms with Crippen molar-refractivity contribution in [2.45, 2.75) is 55.9 Å². The van der Waals surface area contributed by atoms with Gasteiger partial charge in [0.05, 0.1) is 0 Å². The van der Waals surface area contributed by atoms with Gasteiger partial charge in [-0.05, 0) is 77.8 Å². The van der Waals surface area contributed by atoms with E-state index in [1.165, 1.54) is 6.07 Å². The minimum Gasteiger partial charge on any atom is -0.376 e. The Morgan fingerprint density at radius 3 is 2.30 bits per heavy atom. The van der Waals surface area contributed by atoms with E-state index in [9.17, 15) is 21.6 Å². The summed E-state index contributed by atoms with van der Waals surface area (Å²) in [7, 11) is -5.63. The van der Waals surface area contributed by atoms with Crippen molar-refractivity contribution >= 4 is 32.7 Å². The molecule has 0 aromatic heterocycles. The zero-order valence-corrected chi connectivity index (χ0v) is 15.2. The number of hydrogen-bond acceptors (Lipinski definition) is 3. The van der Waals surface area contributed by atoms with Crippen molar-refractivity contribution in [2.24, 2.45) is 0 Å². The maximum Gasteiger partial charge on any atom is 0.534 e. The second kappa shape index (κ2) is 5.79. The van der Waals surface area contributed by atoms with Gasteiger partial charge >= 0.3 is 15.6 Å². The third-order valence-corrected chi connectivity index (χ3v) is 6.74. The van der Waals surface area contributed by atoms with Gasteiger partial charge < -0.3 is 4.18 Å². The Hall–Kier alpha value is -0.510. The van der Waals surface area contributed by atoms with Gasteiger partial charge in [-0.1, -0.05) is 12.8 Å². The largest absolute Gasteiger partial charge is 0.534 e. The second-order valence-electron chi connectivity index (χ2n) is 6.22. The van der Waals surface area contributed by atoms with E-state index in [2.05, 4.69) is 26.8 Å². The van der Waals surface area contributed by atoms with Crippen molar-refractivity contribution in [3.8, 4) is 5.75 Å². The highest BCUT2D eigenvalue weighted by Crippen LogP contribution is 2.52. The molecule has 0 aliphatic heterocycles. The van der Waals surface area contributed by atoms with Crippen LogP contribution in [0, 0.1) is 3.57 Å². The maximum atomic E-state index is 12.6. The van der Waals surface area contributed by atoms with Crippen LogP contribution in [0.3, 0.4) is 0 Å². The van der Waals surface area contributed by atoms with Crippen molar-refractivity contribution in [2.75, 3.05) is 0 Å². The number of hydrogen-bond donors (Lipinski definition) is 0. The summed E-state index contributed by atoms with van der Waals surface area (Å²) in [5, 5.41) is 0. The zero-order chi connectivity index (χ0) is 16.9. The van der Waals surface area contributed by atoms with Gasteiger partial charge in [-0.25, -0.2) is 0 Å². The van der Waals surface area contributed by atoms with E-state index in [1.807, 2.05) is 0 Å². The van der Waals surface area contributed by atoms with E-state index in [0.29, 0.717) is 12.0 Å². The molecule has 3 nitrogen and oxygen atoms in total. The van der Waals surface area contributed by atoms with E-state index >= 15 is 0 Å². The number of benzene rings is 1. The Bertz CT molecular complexity index is 722. The van der Waals surface area contributed by atoms with Gasteiger partial charge in [0.25, 0.3) is 0 Å². The average Bonchev–Trinajstić information content (AvgIpc) is 2.89. The maximum absolute atomic E-state index is 12.6. The minimum atomic E-state index is -5.63. The lowest BCUT2D eigenvalue weighted by atomic mass is 9.69. The molecule has 1 aromatic rings. The highest BCUT2D eigenvalue weighted by atomic mass is 127. The van der Waals surface area contributed by atoms with Crippen LogP contribution >= 0.6 is 22.6 Å². The lowest BCUT2D eigenvalue weighted by Gasteiger charge is -2.37.